The molecule has 2 rings (SSSR count). The van der Waals surface area contributed by atoms with Gasteiger partial charge in [-0.25, -0.2) is 4.39 Å². The maximum Gasteiger partial charge on any atom is 0.141 e. The van der Waals surface area contributed by atoms with E-state index in [1.807, 2.05) is 0 Å². The van der Waals surface area contributed by atoms with Gasteiger partial charge in [-0.15, -0.1) is 0 Å². The van der Waals surface area contributed by atoms with Crippen LogP contribution >= 0.6 is 39.7 Å². The summed E-state index contributed by atoms with van der Waals surface area (Å²) in [7, 11) is 0. The van der Waals surface area contributed by atoms with Gasteiger partial charge in [-0.1, -0.05) is 23.8 Å². The third kappa shape index (κ3) is 3.43. The van der Waals surface area contributed by atoms with Crippen LogP contribution in [0.2, 0.25) is 5.02 Å². The topological polar surface area (TPSA) is 35.2 Å². The first-order valence-electron chi connectivity index (χ1n) is 5.19. The van der Waals surface area contributed by atoms with Gasteiger partial charge in [0.05, 0.1) is 9.50 Å². The van der Waals surface area contributed by atoms with Gasteiger partial charge < -0.3 is 10.5 Å². The molecule has 98 valence electrons. The van der Waals surface area contributed by atoms with Crippen LogP contribution in [0.4, 0.5) is 4.39 Å². The van der Waals surface area contributed by atoms with Crippen LogP contribution in [0.1, 0.15) is 5.56 Å². The second kappa shape index (κ2) is 5.86. The summed E-state index contributed by atoms with van der Waals surface area (Å²) in [5, 5.41) is 0.391. The van der Waals surface area contributed by atoms with Crippen LogP contribution in [0.3, 0.4) is 0 Å². The maximum absolute atomic E-state index is 13.3. The molecule has 0 fully saturated rings. The molecule has 0 aromatic heterocycles. The van der Waals surface area contributed by atoms with Crippen molar-refractivity contribution < 1.29 is 9.13 Å². The number of rotatable bonds is 3. The van der Waals surface area contributed by atoms with Crippen molar-refractivity contribution in [2.24, 2.45) is 5.73 Å². The van der Waals surface area contributed by atoms with Gasteiger partial charge in [0.2, 0.25) is 0 Å². The van der Waals surface area contributed by atoms with Crippen LogP contribution in [-0.4, -0.2) is 4.99 Å². The number of hydrogen-bond acceptors (Lipinski definition) is 2. The zero-order valence-electron chi connectivity index (χ0n) is 9.49. The van der Waals surface area contributed by atoms with Crippen molar-refractivity contribution in [3.8, 4) is 11.5 Å². The Hall–Kier alpha value is -1.17. The third-order valence-electron chi connectivity index (χ3n) is 2.33. The van der Waals surface area contributed by atoms with Crippen molar-refractivity contribution in [3.05, 3.63) is 57.3 Å². The van der Waals surface area contributed by atoms with Crippen LogP contribution < -0.4 is 10.5 Å². The fraction of sp³-hybridized carbons (Fsp3) is 0. The highest BCUT2D eigenvalue weighted by molar-refractivity contribution is 9.10. The van der Waals surface area contributed by atoms with Crippen LogP contribution in [0, 0.1) is 5.82 Å². The second-order valence-corrected chi connectivity index (χ2v) is 5.39. The molecule has 0 aliphatic rings. The Kier molecular flexibility index (Phi) is 4.39. The molecule has 0 spiro atoms. The Labute approximate surface area is 128 Å². The van der Waals surface area contributed by atoms with Gasteiger partial charge in [-0.3, -0.25) is 0 Å². The van der Waals surface area contributed by atoms with Gasteiger partial charge >= 0.3 is 0 Å². The number of benzene rings is 2. The highest BCUT2D eigenvalue weighted by atomic mass is 79.9. The molecular weight excluding hydrogens is 353 g/mol. The average molecular weight is 361 g/mol. The Morgan fingerprint density at radius 1 is 1.21 bits per heavy atom. The molecule has 0 unspecified atom stereocenters. The summed E-state index contributed by atoms with van der Waals surface area (Å²) in [5.41, 5.74) is 6.08. The van der Waals surface area contributed by atoms with E-state index in [1.54, 1.807) is 30.3 Å². The molecular formula is C13H8BrClFNOS. The Bertz CT molecular complexity index is 651. The summed E-state index contributed by atoms with van der Waals surface area (Å²) in [6, 6.07) is 9.39. The zero-order valence-corrected chi connectivity index (χ0v) is 12.7. The molecule has 6 heteroatoms. The molecule has 2 aromatic carbocycles. The van der Waals surface area contributed by atoms with Gasteiger partial charge in [-0.2, -0.15) is 0 Å². The Balaban J connectivity index is 2.26. The molecule has 0 aliphatic heterocycles. The molecule has 0 amide bonds. The molecule has 0 saturated heterocycles. The van der Waals surface area contributed by atoms with E-state index >= 15 is 0 Å². The molecule has 0 heterocycles. The van der Waals surface area contributed by atoms with Crippen molar-refractivity contribution >= 4 is 44.7 Å². The first kappa shape index (κ1) is 14.2. The van der Waals surface area contributed by atoms with Gasteiger partial charge in [-0.05, 0) is 40.2 Å². The summed E-state index contributed by atoms with van der Waals surface area (Å²) in [5.74, 6) is 0.454. The predicted molar refractivity (Wildman–Crippen MR) is 81.5 cm³/mol. The summed E-state index contributed by atoms with van der Waals surface area (Å²) < 4.78 is 19.2. The monoisotopic (exact) mass is 359 g/mol. The van der Waals surface area contributed by atoms with E-state index in [4.69, 9.17) is 34.3 Å². The lowest BCUT2D eigenvalue weighted by Crippen LogP contribution is -2.09. The zero-order chi connectivity index (χ0) is 14.0. The molecule has 0 saturated carbocycles. The largest absolute Gasteiger partial charge is 0.457 e. The first-order valence-corrected chi connectivity index (χ1v) is 6.77. The van der Waals surface area contributed by atoms with E-state index in [-0.39, 0.29) is 4.99 Å². The summed E-state index contributed by atoms with van der Waals surface area (Å²) in [4.78, 5) is 0.214. The third-order valence-corrected chi connectivity index (χ3v) is 3.51. The minimum absolute atomic E-state index is 0.214. The molecule has 19 heavy (non-hydrogen) atoms. The summed E-state index contributed by atoms with van der Waals surface area (Å²) >= 11 is 13.9. The first-order chi connectivity index (χ1) is 8.97. The molecule has 0 aliphatic carbocycles. The van der Waals surface area contributed by atoms with Crippen molar-refractivity contribution in [3.63, 3.8) is 0 Å². The number of ether oxygens (including phenoxy) is 1. The van der Waals surface area contributed by atoms with Crippen LogP contribution in [0.25, 0.3) is 0 Å². The van der Waals surface area contributed by atoms with E-state index in [1.165, 1.54) is 6.07 Å². The lowest BCUT2D eigenvalue weighted by atomic mass is 10.2. The minimum Gasteiger partial charge on any atom is -0.457 e. The Morgan fingerprint density at radius 2 is 1.84 bits per heavy atom. The van der Waals surface area contributed by atoms with Crippen LogP contribution in [-0.2, 0) is 0 Å². The van der Waals surface area contributed by atoms with E-state index in [0.29, 0.717) is 26.6 Å². The quantitative estimate of drug-likeness (QED) is 0.808. The molecule has 0 bridgehead atoms. The second-order valence-electron chi connectivity index (χ2n) is 3.68. The summed E-state index contributed by atoms with van der Waals surface area (Å²) in [6.45, 7) is 0. The van der Waals surface area contributed by atoms with Crippen molar-refractivity contribution in [1.82, 2.24) is 0 Å². The number of thiocarbonyl (C=S) groups is 1. The summed E-state index contributed by atoms with van der Waals surface area (Å²) in [6.07, 6.45) is 0. The van der Waals surface area contributed by atoms with Crippen LogP contribution in [0.15, 0.2) is 40.9 Å². The van der Waals surface area contributed by atoms with Crippen molar-refractivity contribution in [2.75, 3.05) is 0 Å². The fourth-order valence-electron chi connectivity index (χ4n) is 1.44. The van der Waals surface area contributed by atoms with Gasteiger partial charge in [0.1, 0.15) is 22.3 Å². The van der Waals surface area contributed by atoms with Gasteiger partial charge in [0, 0.05) is 17.7 Å². The van der Waals surface area contributed by atoms with E-state index < -0.39 is 5.82 Å². The Morgan fingerprint density at radius 3 is 2.42 bits per heavy atom. The minimum atomic E-state index is -0.400. The molecule has 2 aromatic rings. The fourth-order valence-corrected chi connectivity index (χ4v) is 2.19. The average Bonchev–Trinajstić information content (AvgIpc) is 2.33. The lowest BCUT2D eigenvalue weighted by Gasteiger charge is -2.08. The smallest absolute Gasteiger partial charge is 0.141 e. The predicted octanol–water partition coefficient (Wildman–Crippen LogP) is 4.67. The molecule has 2 nitrogen and oxygen atoms in total. The van der Waals surface area contributed by atoms with Gasteiger partial charge in [0.25, 0.3) is 0 Å². The van der Waals surface area contributed by atoms with E-state index in [9.17, 15) is 4.39 Å². The normalized spacial score (nSPS) is 10.3. The lowest BCUT2D eigenvalue weighted by molar-refractivity contribution is 0.476. The molecule has 0 radical (unpaired) electrons. The van der Waals surface area contributed by atoms with Gasteiger partial charge in [0.15, 0.2) is 0 Å². The van der Waals surface area contributed by atoms with Crippen molar-refractivity contribution in [1.29, 1.82) is 0 Å². The van der Waals surface area contributed by atoms with Crippen LogP contribution in [0.5, 0.6) is 11.5 Å². The maximum atomic E-state index is 13.3. The van der Waals surface area contributed by atoms with E-state index in [0.717, 1.165) is 0 Å². The van der Waals surface area contributed by atoms with Crippen molar-refractivity contribution in [2.45, 2.75) is 0 Å². The molecule has 2 N–H and O–H groups in total. The number of nitrogens with two attached hydrogens (primary N) is 1. The highest BCUT2D eigenvalue weighted by Gasteiger charge is 2.07. The number of halogens is 3. The highest BCUT2D eigenvalue weighted by Crippen LogP contribution is 2.28. The van der Waals surface area contributed by atoms with E-state index in [2.05, 4.69) is 15.9 Å². The SMILES string of the molecule is NC(=S)c1ccc(Oc2ccc(Br)c(F)c2)cc1Cl. The standard InChI is InChI=1S/C13H8BrClFNOS/c14-10-4-2-8(6-12(10)16)18-7-1-3-9(13(17)19)11(15)5-7/h1-6H,(H2,17,19). The molecule has 0 atom stereocenters. The number of hydrogen-bond donors (Lipinski definition) is 1.